The van der Waals surface area contributed by atoms with Crippen molar-refractivity contribution >= 4 is 29.5 Å². The molecular formula is C9H12ClN5O4. The molecule has 0 radical (unpaired) electrons. The number of aromatic nitrogens is 4. The van der Waals surface area contributed by atoms with Crippen LogP contribution in [0.2, 0.25) is 0 Å². The van der Waals surface area contributed by atoms with Crippen molar-refractivity contribution in [2.24, 2.45) is 5.73 Å². The second kappa shape index (κ2) is 5.67. The zero-order valence-corrected chi connectivity index (χ0v) is 10.7. The van der Waals surface area contributed by atoms with Crippen molar-refractivity contribution in [3.05, 3.63) is 27.2 Å². The number of rotatable bonds is 3. The Hall–Kier alpha value is -2.13. The Morgan fingerprint density at radius 1 is 1.53 bits per heavy atom. The van der Waals surface area contributed by atoms with Crippen molar-refractivity contribution in [2.45, 2.75) is 13.1 Å². The summed E-state index contributed by atoms with van der Waals surface area (Å²) >= 11 is 0. The van der Waals surface area contributed by atoms with Gasteiger partial charge in [-0.2, -0.15) is 0 Å². The molecule has 1 atom stereocenters. The number of nitrogens with two attached hydrogens (primary N) is 1. The van der Waals surface area contributed by atoms with Crippen LogP contribution in [0.1, 0.15) is 13.1 Å². The lowest BCUT2D eigenvalue weighted by molar-refractivity contribution is -0.146. The van der Waals surface area contributed by atoms with Gasteiger partial charge in [0.1, 0.15) is 5.65 Å². The fourth-order valence-electron chi connectivity index (χ4n) is 1.50. The third kappa shape index (κ3) is 2.66. The molecule has 0 amide bonds. The SMILES string of the molecule is CCOC(=O)C(N)n1cnc2c(=O)[nH]c(=O)[nH]c21.Cl. The van der Waals surface area contributed by atoms with Gasteiger partial charge >= 0.3 is 11.7 Å². The predicted octanol–water partition coefficient (Wildman–Crippen LogP) is -1.14. The number of nitrogens with zero attached hydrogens (tertiary/aromatic N) is 2. The molecule has 0 aliphatic rings. The molecule has 104 valence electrons. The molecule has 9 nitrogen and oxygen atoms in total. The van der Waals surface area contributed by atoms with Crippen molar-refractivity contribution in [3.63, 3.8) is 0 Å². The summed E-state index contributed by atoms with van der Waals surface area (Å²) in [4.78, 5) is 42.2. The zero-order chi connectivity index (χ0) is 13.3. The summed E-state index contributed by atoms with van der Waals surface area (Å²) in [6.07, 6.45) is 0.0182. The summed E-state index contributed by atoms with van der Waals surface area (Å²) in [5.41, 5.74) is 4.36. The molecule has 2 rings (SSSR count). The molecule has 4 N–H and O–H groups in total. The first-order valence-corrected chi connectivity index (χ1v) is 5.16. The molecule has 0 aliphatic heterocycles. The van der Waals surface area contributed by atoms with E-state index in [9.17, 15) is 14.4 Å². The minimum Gasteiger partial charge on any atom is -0.463 e. The van der Waals surface area contributed by atoms with Gasteiger partial charge in [0.25, 0.3) is 5.56 Å². The van der Waals surface area contributed by atoms with Gasteiger partial charge in [0, 0.05) is 0 Å². The second-order valence-corrected chi connectivity index (χ2v) is 3.45. The highest BCUT2D eigenvalue weighted by molar-refractivity contribution is 5.85. The molecule has 2 aromatic rings. The lowest BCUT2D eigenvalue weighted by Crippen LogP contribution is -2.30. The number of carbonyl (C=O) groups is 1. The molecule has 0 saturated carbocycles. The third-order valence-corrected chi connectivity index (χ3v) is 2.30. The van der Waals surface area contributed by atoms with E-state index in [0.717, 1.165) is 0 Å². The van der Waals surface area contributed by atoms with Crippen LogP contribution in [0, 0.1) is 0 Å². The minimum atomic E-state index is -1.17. The van der Waals surface area contributed by atoms with Crippen LogP contribution in [0.25, 0.3) is 11.2 Å². The Labute approximate surface area is 112 Å². The molecule has 0 saturated heterocycles. The second-order valence-electron chi connectivity index (χ2n) is 3.45. The maximum absolute atomic E-state index is 11.5. The lowest BCUT2D eigenvalue weighted by atomic mass is 10.4. The number of fused-ring (bicyclic) bond motifs is 1. The van der Waals surface area contributed by atoms with E-state index < -0.39 is 23.4 Å². The molecule has 2 aromatic heterocycles. The van der Waals surface area contributed by atoms with Crippen LogP contribution < -0.4 is 17.0 Å². The molecule has 0 fully saturated rings. The largest absolute Gasteiger partial charge is 0.463 e. The fraction of sp³-hybridized carbons (Fsp3) is 0.333. The highest BCUT2D eigenvalue weighted by atomic mass is 35.5. The maximum Gasteiger partial charge on any atom is 0.344 e. The molecule has 0 aliphatic carbocycles. The van der Waals surface area contributed by atoms with E-state index in [1.807, 2.05) is 4.98 Å². The number of hydrogen-bond donors (Lipinski definition) is 3. The first-order valence-electron chi connectivity index (χ1n) is 5.16. The van der Waals surface area contributed by atoms with Gasteiger partial charge in [-0.25, -0.2) is 14.6 Å². The van der Waals surface area contributed by atoms with Gasteiger partial charge in [-0.1, -0.05) is 0 Å². The lowest BCUT2D eigenvalue weighted by Gasteiger charge is -2.12. The summed E-state index contributed by atoms with van der Waals surface area (Å²) in [5.74, 6) is -0.682. The first-order chi connectivity index (χ1) is 8.54. The summed E-state index contributed by atoms with van der Waals surface area (Å²) in [5, 5.41) is 0. The van der Waals surface area contributed by atoms with Crippen LogP contribution in [0.15, 0.2) is 15.9 Å². The fourth-order valence-corrected chi connectivity index (χ4v) is 1.50. The molecule has 0 bridgehead atoms. The Morgan fingerprint density at radius 2 is 2.21 bits per heavy atom. The van der Waals surface area contributed by atoms with Crippen molar-refractivity contribution in [1.82, 2.24) is 19.5 Å². The van der Waals surface area contributed by atoms with Gasteiger partial charge in [-0.15, -0.1) is 12.4 Å². The highest BCUT2D eigenvalue weighted by Crippen LogP contribution is 2.09. The van der Waals surface area contributed by atoms with Gasteiger partial charge in [-0.05, 0) is 6.92 Å². The van der Waals surface area contributed by atoms with E-state index in [-0.39, 0.29) is 30.2 Å². The topological polar surface area (TPSA) is 136 Å². The number of imidazole rings is 1. The van der Waals surface area contributed by atoms with Crippen LogP contribution >= 0.6 is 12.4 Å². The van der Waals surface area contributed by atoms with E-state index >= 15 is 0 Å². The summed E-state index contributed by atoms with van der Waals surface area (Å²) in [6.45, 7) is 1.82. The predicted molar refractivity (Wildman–Crippen MR) is 68.1 cm³/mol. The molecule has 2 heterocycles. The van der Waals surface area contributed by atoms with Crippen molar-refractivity contribution < 1.29 is 9.53 Å². The Kier molecular flexibility index (Phi) is 4.46. The standard InChI is InChI=1S/C9H11N5O4.ClH/c1-2-18-8(16)5(10)14-3-11-4-6(14)12-9(17)13-7(4)15;/h3,5H,2,10H2,1H3,(H2,12,13,15,17);1H. The summed E-state index contributed by atoms with van der Waals surface area (Å²) < 4.78 is 5.92. The Morgan fingerprint density at radius 3 is 2.84 bits per heavy atom. The molecule has 19 heavy (non-hydrogen) atoms. The van der Waals surface area contributed by atoms with Crippen LogP contribution in [-0.2, 0) is 9.53 Å². The van der Waals surface area contributed by atoms with Crippen molar-refractivity contribution in [3.8, 4) is 0 Å². The summed E-state index contributed by atoms with van der Waals surface area (Å²) in [6, 6.07) is 0. The number of aromatic amines is 2. The Balaban J connectivity index is 0.00000180. The normalized spacial score (nSPS) is 11.9. The van der Waals surface area contributed by atoms with E-state index in [4.69, 9.17) is 10.5 Å². The quantitative estimate of drug-likeness (QED) is 0.611. The summed E-state index contributed by atoms with van der Waals surface area (Å²) in [7, 11) is 0. The van der Waals surface area contributed by atoms with Gasteiger partial charge < -0.3 is 10.5 Å². The van der Waals surface area contributed by atoms with E-state index in [1.54, 1.807) is 6.92 Å². The molecular weight excluding hydrogens is 278 g/mol. The van der Waals surface area contributed by atoms with E-state index in [0.29, 0.717) is 0 Å². The average Bonchev–Trinajstić information content (AvgIpc) is 2.72. The van der Waals surface area contributed by atoms with Crippen molar-refractivity contribution in [1.29, 1.82) is 0 Å². The number of carbonyl (C=O) groups excluding carboxylic acids is 1. The number of nitrogens with one attached hydrogen (secondary N) is 2. The number of ether oxygens (including phenoxy) is 1. The van der Waals surface area contributed by atoms with Crippen LogP contribution in [-0.4, -0.2) is 32.1 Å². The molecule has 10 heteroatoms. The monoisotopic (exact) mass is 289 g/mol. The van der Waals surface area contributed by atoms with Gasteiger partial charge in [0.2, 0.25) is 0 Å². The van der Waals surface area contributed by atoms with Crippen LogP contribution in [0.4, 0.5) is 0 Å². The smallest absolute Gasteiger partial charge is 0.344 e. The van der Waals surface area contributed by atoms with Crippen molar-refractivity contribution in [2.75, 3.05) is 6.61 Å². The van der Waals surface area contributed by atoms with Gasteiger partial charge in [0.15, 0.2) is 11.7 Å². The van der Waals surface area contributed by atoms with E-state index in [2.05, 4.69) is 9.97 Å². The third-order valence-electron chi connectivity index (χ3n) is 2.30. The first kappa shape index (κ1) is 14.9. The zero-order valence-electron chi connectivity index (χ0n) is 9.87. The van der Waals surface area contributed by atoms with Crippen LogP contribution in [0.3, 0.4) is 0 Å². The number of esters is 1. The number of halogens is 1. The number of H-pyrrole nitrogens is 2. The molecule has 1 unspecified atom stereocenters. The van der Waals surface area contributed by atoms with Gasteiger partial charge in [-0.3, -0.25) is 19.3 Å². The molecule has 0 aromatic carbocycles. The minimum absolute atomic E-state index is 0. The van der Waals surface area contributed by atoms with E-state index in [1.165, 1.54) is 10.9 Å². The average molecular weight is 290 g/mol. The molecule has 0 spiro atoms. The maximum atomic E-state index is 11.5. The van der Waals surface area contributed by atoms with Gasteiger partial charge in [0.05, 0.1) is 12.9 Å². The number of hydrogen-bond acceptors (Lipinski definition) is 6. The van der Waals surface area contributed by atoms with Crippen LogP contribution in [0.5, 0.6) is 0 Å². The highest BCUT2D eigenvalue weighted by Gasteiger charge is 2.20. The Bertz CT molecular complexity index is 702.